The summed E-state index contributed by atoms with van der Waals surface area (Å²) >= 11 is 5.39. The van der Waals surface area contributed by atoms with Gasteiger partial charge in [-0.2, -0.15) is 0 Å². The molecular formula is C18H23N3O3S. The van der Waals surface area contributed by atoms with Gasteiger partial charge in [-0.1, -0.05) is 26.2 Å². The van der Waals surface area contributed by atoms with Crippen LogP contribution < -0.4 is 9.47 Å². The number of hydrogen-bond acceptors (Lipinski definition) is 6. The van der Waals surface area contributed by atoms with E-state index in [1.807, 2.05) is 18.2 Å². The number of rotatable bonds is 5. The average molecular weight is 361 g/mol. The van der Waals surface area contributed by atoms with Crippen molar-refractivity contribution in [2.45, 2.75) is 51.7 Å². The Morgan fingerprint density at radius 3 is 2.80 bits per heavy atom. The van der Waals surface area contributed by atoms with Crippen molar-refractivity contribution in [2.75, 3.05) is 13.3 Å². The van der Waals surface area contributed by atoms with Crippen molar-refractivity contribution in [2.24, 2.45) is 0 Å². The van der Waals surface area contributed by atoms with Crippen molar-refractivity contribution in [1.29, 1.82) is 0 Å². The lowest BCUT2D eigenvalue weighted by Crippen LogP contribution is -2.38. The molecule has 1 aliphatic carbocycles. The molecule has 1 saturated carbocycles. The van der Waals surface area contributed by atoms with Crippen LogP contribution in [0, 0.1) is 4.84 Å². The molecule has 0 bridgehead atoms. The van der Waals surface area contributed by atoms with Gasteiger partial charge in [-0.25, -0.2) is 4.68 Å². The van der Waals surface area contributed by atoms with Gasteiger partial charge >= 0.3 is 0 Å². The summed E-state index contributed by atoms with van der Waals surface area (Å²) in [6, 6.07) is 6.28. The van der Waals surface area contributed by atoms with Gasteiger partial charge in [0.15, 0.2) is 11.5 Å². The molecule has 0 radical (unpaired) electrons. The fourth-order valence-corrected chi connectivity index (χ4v) is 3.81. The molecule has 4 rings (SSSR count). The Labute approximate surface area is 152 Å². The predicted octanol–water partition coefficient (Wildman–Crippen LogP) is 4.21. The first-order valence-electron chi connectivity index (χ1n) is 8.96. The molecule has 1 fully saturated rings. The van der Waals surface area contributed by atoms with Crippen LogP contribution in [0.15, 0.2) is 22.6 Å². The SMILES string of the molecule is CCN(Cn1nc(-c2ccc3c(c2)OCO3)oc1=S)C1CCCCC1. The second kappa shape index (κ2) is 7.17. The molecule has 0 atom stereocenters. The molecule has 0 spiro atoms. The quantitative estimate of drug-likeness (QED) is 0.744. The fraction of sp³-hybridized carbons (Fsp3) is 0.556. The van der Waals surface area contributed by atoms with Crippen LogP contribution in [0.4, 0.5) is 0 Å². The summed E-state index contributed by atoms with van der Waals surface area (Å²) < 4.78 is 18.3. The van der Waals surface area contributed by atoms with Crippen LogP contribution in [-0.2, 0) is 6.67 Å². The summed E-state index contributed by atoms with van der Waals surface area (Å²) in [4.78, 5) is 2.85. The number of hydrogen-bond donors (Lipinski definition) is 0. The summed E-state index contributed by atoms with van der Waals surface area (Å²) in [5.74, 6) is 1.98. The van der Waals surface area contributed by atoms with Gasteiger partial charge in [0.1, 0.15) is 0 Å². The van der Waals surface area contributed by atoms with Crippen molar-refractivity contribution in [3.05, 3.63) is 23.0 Å². The molecule has 2 heterocycles. The van der Waals surface area contributed by atoms with Crippen molar-refractivity contribution < 1.29 is 13.9 Å². The molecule has 6 nitrogen and oxygen atoms in total. The summed E-state index contributed by atoms with van der Waals surface area (Å²) in [6.07, 6.45) is 6.50. The molecule has 0 saturated heterocycles. The smallest absolute Gasteiger partial charge is 0.288 e. The highest BCUT2D eigenvalue weighted by Gasteiger charge is 2.22. The Morgan fingerprint density at radius 1 is 1.20 bits per heavy atom. The van der Waals surface area contributed by atoms with E-state index in [-0.39, 0.29) is 6.79 Å². The van der Waals surface area contributed by atoms with Crippen molar-refractivity contribution >= 4 is 12.2 Å². The van der Waals surface area contributed by atoms with Gasteiger partial charge in [-0.3, -0.25) is 4.90 Å². The predicted molar refractivity (Wildman–Crippen MR) is 96.1 cm³/mol. The zero-order valence-corrected chi connectivity index (χ0v) is 15.3. The van der Waals surface area contributed by atoms with Crippen LogP contribution >= 0.6 is 12.2 Å². The van der Waals surface area contributed by atoms with E-state index >= 15 is 0 Å². The average Bonchev–Trinajstić information content (AvgIpc) is 3.26. The molecule has 1 aromatic heterocycles. The Hall–Kier alpha value is -1.86. The topological polar surface area (TPSA) is 52.7 Å². The highest BCUT2D eigenvalue weighted by molar-refractivity contribution is 7.71. The third-order valence-corrected chi connectivity index (χ3v) is 5.33. The molecule has 2 aliphatic rings. The molecule has 0 N–H and O–H groups in total. The van der Waals surface area contributed by atoms with E-state index in [9.17, 15) is 0 Å². The summed E-state index contributed by atoms with van der Waals surface area (Å²) in [6.45, 7) is 4.10. The molecule has 2 aromatic rings. The minimum atomic E-state index is 0.253. The van der Waals surface area contributed by atoms with Gasteiger partial charge in [-0.15, -0.1) is 5.10 Å². The number of nitrogens with zero attached hydrogens (tertiary/aromatic N) is 3. The number of ether oxygens (including phenoxy) is 2. The van der Waals surface area contributed by atoms with Crippen LogP contribution in [0.3, 0.4) is 0 Å². The van der Waals surface area contributed by atoms with E-state index in [0.717, 1.165) is 17.9 Å². The van der Waals surface area contributed by atoms with Crippen LogP contribution in [0.2, 0.25) is 0 Å². The third kappa shape index (κ3) is 3.43. The van der Waals surface area contributed by atoms with E-state index in [0.29, 0.717) is 29.2 Å². The normalized spacial score (nSPS) is 17.4. The standard InChI is InChI=1S/C18H23N3O3S/c1-2-20(14-6-4-3-5-7-14)11-21-18(25)24-17(19-21)13-8-9-15-16(10-13)23-12-22-15/h8-10,14H,2-7,11-12H2,1H3. The molecule has 0 amide bonds. The van der Waals surface area contributed by atoms with Crippen molar-refractivity contribution in [1.82, 2.24) is 14.7 Å². The second-order valence-electron chi connectivity index (χ2n) is 6.58. The van der Waals surface area contributed by atoms with E-state index < -0.39 is 0 Å². The van der Waals surface area contributed by atoms with E-state index in [2.05, 4.69) is 16.9 Å². The minimum absolute atomic E-state index is 0.253. The number of fused-ring (bicyclic) bond motifs is 1. The fourth-order valence-electron chi connectivity index (χ4n) is 3.63. The molecule has 0 unspecified atom stereocenters. The third-order valence-electron chi connectivity index (χ3n) is 5.04. The molecule has 25 heavy (non-hydrogen) atoms. The lowest BCUT2D eigenvalue weighted by atomic mass is 9.94. The lowest BCUT2D eigenvalue weighted by molar-refractivity contribution is 0.118. The Bertz CT molecular complexity index is 795. The summed E-state index contributed by atoms with van der Waals surface area (Å²) in [7, 11) is 0. The van der Waals surface area contributed by atoms with E-state index in [1.54, 1.807) is 4.68 Å². The van der Waals surface area contributed by atoms with Gasteiger partial charge in [0.25, 0.3) is 4.84 Å². The van der Waals surface area contributed by atoms with Crippen LogP contribution in [0.25, 0.3) is 11.5 Å². The molecule has 134 valence electrons. The molecule has 7 heteroatoms. The van der Waals surface area contributed by atoms with Gasteiger partial charge in [0, 0.05) is 11.6 Å². The maximum Gasteiger partial charge on any atom is 0.288 e. The maximum absolute atomic E-state index is 5.74. The summed E-state index contributed by atoms with van der Waals surface area (Å²) in [5.41, 5.74) is 0.842. The summed E-state index contributed by atoms with van der Waals surface area (Å²) in [5, 5.41) is 4.60. The van der Waals surface area contributed by atoms with E-state index in [4.69, 9.17) is 26.1 Å². The van der Waals surface area contributed by atoms with Crippen molar-refractivity contribution in [3.8, 4) is 23.0 Å². The molecule has 1 aromatic carbocycles. The highest BCUT2D eigenvalue weighted by atomic mass is 32.1. The van der Waals surface area contributed by atoms with Gasteiger partial charge in [0.2, 0.25) is 12.7 Å². The zero-order chi connectivity index (χ0) is 17.2. The van der Waals surface area contributed by atoms with Gasteiger partial charge in [-0.05, 0) is 49.8 Å². The molecular weight excluding hydrogens is 338 g/mol. The largest absolute Gasteiger partial charge is 0.454 e. The van der Waals surface area contributed by atoms with Crippen LogP contribution in [0.1, 0.15) is 39.0 Å². The Kier molecular flexibility index (Phi) is 4.76. The van der Waals surface area contributed by atoms with Crippen LogP contribution in [-0.4, -0.2) is 34.1 Å². The first-order valence-corrected chi connectivity index (χ1v) is 9.37. The second-order valence-corrected chi connectivity index (χ2v) is 6.93. The maximum atomic E-state index is 5.74. The van der Waals surface area contributed by atoms with Gasteiger partial charge < -0.3 is 13.9 Å². The Balaban J connectivity index is 1.54. The first-order chi connectivity index (χ1) is 12.2. The number of aromatic nitrogens is 2. The van der Waals surface area contributed by atoms with Crippen molar-refractivity contribution in [3.63, 3.8) is 0 Å². The van der Waals surface area contributed by atoms with Crippen LogP contribution in [0.5, 0.6) is 11.5 Å². The van der Waals surface area contributed by atoms with Gasteiger partial charge in [0.05, 0.1) is 6.67 Å². The highest BCUT2D eigenvalue weighted by Crippen LogP contribution is 2.35. The lowest BCUT2D eigenvalue weighted by Gasteiger charge is -2.32. The minimum Gasteiger partial charge on any atom is -0.454 e. The van der Waals surface area contributed by atoms with E-state index in [1.165, 1.54) is 32.1 Å². The number of benzene rings is 1. The molecule has 1 aliphatic heterocycles. The zero-order valence-electron chi connectivity index (χ0n) is 14.4. The monoisotopic (exact) mass is 361 g/mol. The first kappa shape index (κ1) is 16.6. The Morgan fingerprint density at radius 2 is 2.00 bits per heavy atom.